The first kappa shape index (κ1) is 11.4. The molecule has 0 bridgehead atoms. The third-order valence-electron chi connectivity index (χ3n) is 4.58. The molecule has 1 nitrogen and oxygen atoms in total. The van der Waals surface area contributed by atoms with Gasteiger partial charge in [0.25, 0.3) is 0 Å². The number of nitrogens with zero attached hydrogens (tertiary/aromatic N) is 1. The van der Waals surface area contributed by atoms with E-state index in [2.05, 4.69) is 32.6 Å². The minimum atomic E-state index is 0.739. The van der Waals surface area contributed by atoms with E-state index in [0.29, 0.717) is 0 Å². The molecule has 1 aliphatic heterocycles. The van der Waals surface area contributed by atoms with Crippen LogP contribution in [0.1, 0.15) is 53.4 Å². The van der Waals surface area contributed by atoms with Crippen LogP contribution in [0.25, 0.3) is 0 Å². The van der Waals surface area contributed by atoms with Gasteiger partial charge in [0.2, 0.25) is 0 Å². The van der Waals surface area contributed by atoms with Gasteiger partial charge in [0.05, 0.1) is 0 Å². The van der Waals surface area contributed by atoms with Crippen LogP contribution in [-0.4, -0.2) is 23.5 Å². The molecule has 1 heteroatoms. The number of rotatable bonds is 2. The number of hydrogen-bond acceptors (Lipinski definition) is 1. The molecule has 2 aliphatic rings. The molecule has 88 valence electrons. The van der Waals surface area contributed by atoms with Gasteiger partial charge in [-0.15, -0.1) is 0 Å². The zero-order valence-corrected chi connectivity index (χ0v) is 10.9. The molecule has 0 radical (unpaired) electrons. The molecule has 0 amide bonds. The molecule has 1 saturated heterocycles. The summed E-state index contributed by atoms with van der Waals surface area (Å²) in [5.74, 6) is 2.87. The predicted octanol–water partition coefficient (Wildman–Crippen LogP) is 3.54. The van der Waals surface area contributed by atoms with Crippen molar-refractivity contribution in [2.45, 2.75) is 65.5 Å². The van der Waals surface area contributed by atoms with Gasteiger partial charge in [-0.05, 0) is 44.4 Å². The maximum atomic E-state index is 2.78. The summed E-state index contributed by atoms with van der Waals surface area (Å²) in [5.41, 5.74) is 0. The fourth-order valence-corrected chi connectivity index (χ4v) is 3.98. The number of hydrogen-bond donors (Lipinski definition) is 0. The van der Waals surface area contributed by atoms with Crippen LogP contribution in [-0.2, 0) is 0 Å². The van der Waals surface area contributed by atoms with Gasteiger partial charge in [0, 0.05) is 18.6 Å². The molecule has 2 fully saturated rings. The van der Waals surface area contributed by atoms with Crippen molar-refractivity contribution < 1.29 is 0 Å². The van der Waals surface area contributed by atoms with Crippen molar-refractivity contribution in [2.75, 3.05) is 6.54 Å². The quantitative estimate of drug-likeness (QED) is 0.672. The van der Waals surface area contributed by atoms with Crippen LogP contribution >= 0.6 is 0 Å². The fourth-order valence-electron chi connectivity index (χ4n) is 3.98. The first-order chi connectivity index (χ1) is 7.11. The van der Waals surface area contributed by atoms with Crippen LogP contribution < -0.4 is 0 Å². The van der Waals surface area contributed by atoms with Crippen LogP contribution in [0.3, 0.4) is 0 Å². The highest BCUT2D eigenvalue weighted by molar-refractivity contribution is 4.97. The van der Waals surface area contributed by atoms with E-state index >= 15 is 0 Å². The van der Waals surface area contributed by atoms with Gasteiger partial charge in [-0.1, -0.05) is 26.7 Å². The highest BCUT2D eigenvalue weighted by Crippen LogP contribution is 2.43. The van der Waals surface area contributed by atoms with Crippen molar-refractivity contribution in [2.24, 2.45) is 17.8 Å². The zero-order chi connectivity index (χ0) is 11.0. The van der Waals surface area contributed by atoms with Crippen LogP contribution in [0.5, 0.6) is 0 Å². The highest BCUT2D eigenvalue weighted by atomic mass is 15.2. The normalized spacial score (nSPS) is 37.6. The molecule has 0 aromatic rings. The summed E-state index contributed by atoms with van der Waals surface area (Å²) < 4.78 is 0. The largest absolute Gasteiger partial charge is 0.297 e. The summed E-state index contributed by atoms with van der Waals surface area (Å²) in [5, 5.41) is 0. The summed E-state index contributed by atoms with van der Waals surface area (Å²) >= 11 is 0. The molecule has 0 aromatic heterocycles. The molecule has 1 aliphatic carbocycles. The molecule has 0 aromatic carbocycles. The van der Waals surface area contributed by atoms with Crippen molar-refractivity contribution in [1.29, 1.82) is 0 Å². The van der Waals surface area contributed by atoms with Crippen molar-refractivity contribution in [3.05, 3.63) is 0 Å². The second-order valence-corrected chi connectivity index (χ2v) is 6.23. The third-order valence-corrected chi connectivity index (χ3v) is 4.58. The summed E-state index contributed by atoms with van der Waals surface area (Å²) in [6.45, 7) is 10.9. The van der Waals surface area contributed by atoms with Gasteiger partial charge in [0.15, 0.2) is 0 Å². The monoisotopic (exact) mass is 209 g/mol. The number of likely N-dealkylation sites (tertiary alicyclic amines) is 1. The minimum absolute atomic E-state index is 0.739. The minimum Gasteiger partial charge on any atom is -0.297 e. The summed E-state index contributed by atoms with van der Waals surface area (Å²) in [6, 6.07) is 1.61. The molecule has 1 heterocycles. The SMILES string of the molecule is CC(C)C1[C@H]2CCCC[C@H]2CN1C(C)C. The molecule has 0 spiro atoms. The van der Waals surface area contributed by atoms with Crippen molar-refractivity contribution >= 4 is 0 Å². The Hall–Kier alpha value is -0.0400. The molecular formula is C14H27N. The lowest BCUT2D eigenvalue weighted by molar-refractivity contribution is 0.133. The molecule has 1 saturated carbocycles. The molecular weight excluding hydrogens is 182 g/mol. The van der Waals surface area contributed by atoms with Crippen LogP contribution in [0.4, 0.5) is 0 Å². The Morgan fingerprint density at radius 3 is 2.27 bits per heavy atom. The Bertz CT molecular complexity index is 207. The Kier molecular flexibility index (Phi) is 3.39. The van der Waals surface area contributed by atoms with E-state index in [-0.39, 0.29) is 0 Å². The maximum Gasteiger partial charge on any atom is 0.0152 e. The second-order valence-electron chi connectivity index (χ2n) is 6.23. The summed E-state index contributed by atoms with van der Waals surface area (Å²) in [6.07, 6.45) is 5.96. The van der Waals surface area contributed by atoms with E-state index in [9.17, 15) is 0 Å². The molecule has 2 rings (SSSR count). The Morgan fingerprint density at radius 1 is 1.00 bits per heavy atom. The smallest absolute Gasteiger partial charge is 0.0152 e. The first-order valence-corrected chi connectivity index (χ1v) is 6.87. The zero-order valence-electron chi connectivity index (χ0n) is 10.9. The van der Waals surface area contributed by atoms with Crippen molar-refractivity contribution in [3.63, 3.8) is 0 Å². The van der Waals surface area contributed by atoms with Gasteiger partial charge in [-0.2, -0.15) is 0 Å². The van der Waals surface area contributed by atoms with Crippen LogP contribution in [0.15, 0.2) is 0 Å². The van der Waals surface area contributed by atoms with E-state index in [0.717, 1.165) is 29.8 Å². The average Bonchev–Trinajstić information content (AvgIpc) is 2.56. The molecule has 15 heavy (non-hydrogen) atoms. The summed E-state index contributed by atoms with van der Waals surface area (Å²) in [7, 11) is 0. The highest BCUT2D eigenvalue weighted by Gasteiger charge is 2.44. The average molecular weight is 209 g/mol. The van der Waals surface area contributed by atoms with E-state index in [1.54, 1.807) is 0 Å². The Morgan fingerprint density at radius 2 is 1.67 bits per heavy atom. The first-order valence-electron chi connectivity index (χ1n) is 6.87. The van der Waals surface area contributed by atoms with Gasteiger partial charge >= 0.3 is 0 Å². The van der Waals surface area contributed by atoms with E-state index in [4.69, 9.17) is 0 Å². The Labute approximate surface area is 95.2 Å². The van der Waals surface area contributed by atoms with Gasteiger partial charge in [-0.3, -0.25) is 4.90 Å². The van der Waals surface area contributed by atoms with Crippen LogP contribution in [0.2, 0.25) is 0 Å². The molecule has 1 unspecified atom stereocenters. The van der Waals surface area contributed by atoms with Gasteiger partial charge < -0.3 is 0 Å². The van der Waals surface area contributed by atoms with E-state index in [1.807, 2.05) is 0 Å². The standard InChI is InChI=1S/C14H27N/c1-10(2)14-13-8-6-5-7-12(13)9-15(14)11(3)4/h10-14H,5-9H2,1-4H3/t12-,13-,14?/m0/s1. The lowest BCUT2D eigenvalue weighted by Gasteiger charge is -2.35. The van der Waals surface area contributed by atoms with Gasteiger partial charge in [-0.25, -0.2) is 0 Å². The molecule has 0 N–H and O–H groups in total. The summed E-state index contributed by atoms with van der Waals surface area (Å²) in [4.78, 5) is 2.78. The van der Waals surface area contributed by atoms with Crippen molar-refractivity contribution in [3.8, 4) is 0 Å². The van der Waals surface area contributed by atoms with Gasteiger partial charge in [0.1, 0.15) is 0 Å². The second kappa shape index (κ2) is 4.45. The van der Waals surface area contributed by atoms with Crippen molar-refractivity contribution in [1.82, 2.24) is 4.90 Å². The molecule has 3 atom stereocenters. The number of fused-ring (bicyclic) bond motifs is 1. The van der Waals surface area contributed by atoms with E-state index in [1.165, 1.54) is 32.2 Å². The lowest BCUT2D eigenvalue weighted by Crippen LogP contribution is -2.41. The fraction of sp³-hybridized carbons (Fsp3) is 1.00. The predicted molar refractivity (Wildman–Crippen MR) is 65.9 cm³/mol. The Balaban J connectivity index is 2.14. The maximum absolute atomic E-state index is 2.78. The lowest BCUT2D eigenvalue weighted by atomic mass is 9.76. The third kappa shape index (κ3) is 2.08. The topological polar surface area (TPSA) is 3.24 Å². The van der Waals surface area contributed by atoms with Crippen LogP contribution in [0, 0.1) is 17.8 Å². The van der Waals surface area contributed by atoms with E-state index < -0.39 is 0 Å².